The summed E-state index contributed by atoms with van der Waals surface area (Å²) in [5.74, 6) is -2.15. The zero-order valence-electron chi connectivity index (χ0n) is 13.1. The van der Waals surface area contributed by atoms with Crippen molar-refractivity contribution in [1.82, 2.24) is 0 Å². The van der Waals surface area contributed by atoms with Crippen LogP contribution < -0.4 is 10.1 Å². The van der Waals surface area contributed by atoms with Gasteiger partial charge in [0.2, 0.25) is 0 Å². The summed E-state index contributed by atoms with van der Waals surface area (Å²) in [6, 6.07) is 9.67. The predicted molar refractivity (Wildman–Crippen MR) is 84.6 cm³/mol. The van der Waals surface area contributed by atoms with E-state index in [9.17, 15) is 19.1 Å². The average molecular weight is 333 g/mol. The van der Waals surface area contributed by atoms with Crippen LogP contribution in [0.2, 0.25) is 0 Å². The Morgan fingerprint density at radius 1 is 1.21 bits per heavy atom. The zero-order valence-corrected chi connectivity index (χ0v) is 13.1. The predicted octanol–water partition coefficient (Wildman–Crippen LogP) is 2.72. The van der Waals surface area contributed by atoms with Gasteiger partial charge in [0.05, 0.1) is 12.8 Å². The van der Waals surface area contributed by atoms with Gasteiger partial charge in [-0.15, -0.1) is 0 Å². The van der Waals surface area contributed by atoms with E-state index in [1.54, 1.807) is 6.07 Å². The molecule has 0 aliphatic rings. The Labute approximate surface area is 137 Å². The summed E-state index contributed by atoms with van der Waals surface area (Å²) in [7, 11) is 1.41. The van der Waals surface area contributed by atoms with Crippen molar-refractivity contribution in [1.29, 1.82) is 0 Å². The fourth-order valence-corrected chi connectivity index (χ4v) is 1.88. The molecule has 0 aromatic heterocycles. The number of rotatable bonds is 5. The first-order valence-electron chi connectivity index (χ1n) is 7.05. The SMILES string of the molecule is COc1ccc(O)c(C(=O)O[C@H](C)C(=O)Nc2ccccc2F)c1. The van der Waals surface area contributed by atoms with E-state index >= 15 is 0 Å². The molecule has 2 aromatic rings. The van der Waals surface area contributed by atoms with Gasteiger partial charge >= 0.3 is 5.97 Å². The molecule has 1 amide bonds. The lowest BCUT2D eigenvalue weighted by Crippen LogP contribution is -2.30. The Kier molecular flexibility index (Phi) is 5.36. The third-order valence-corrected chi connectivity index (χ3v) is 3.21. The number of para-hydroxylation sites is 1. The molecule has 0 saturated carbocycles. The number of carbonyl (C=O) groups excluding carboxylic acids is 2. The molecule has 0 aliphatic heterocycles. The van der Waals surface area contributed by atoms with E-state index in [0.717, 1.165) is 0 Å². The lowest BCUT2D eigenvalue weighted by atomic mass is 10.2. The number of hydrogen-bond donors (Lipinski definition) is 2. The summed E-state index contributed by atoms with van der Waals surface area (Å²) in [6.07, 6.45) is -1.19. The molecule has 126 valence electrons. The summed E-state index contributed by atoms with van der Waals surface area (Å²) in [6.45, 7) is 1.34. The van der Waals surface area contributed by atoms with Crippen LogP contribution in [0.5, 0.6) is 11.5 Å². The van der Waals surface area contributed by atoms with Crippen LogP contribution in [0.3, 0.4) is 0 Å². The number of esters is 1. The summed E-state index contributed by atoms with van der Waals surface area (Å²) in [4.78, 5) is 24.1. The highest BCUT2D eigenvalue weighted by Crippen LogP contribution is 2.24. The molecule has 0 fully saturated rings. The largest absolute Gasteiger partial charge is 0.507 e. The number of amides is 1. The second kappa shape index (κ2) is 7.45. The number of carbonyl (C=O) groups is 2. The Morgan fingerprint density at radius 3 is 2.58 bits per heavy atom. The van der Waals surface area contributed by atoms with Gasteiger partial charge in [-0.1, -0.05) is 12.1 Å². The first kappa shape index (κ1) is 17.3. The van der Waals surface area contributed by atoms with Gasteiger partial charge in [0.25, 0.3) is 5.91 Å². The van der Waals surface area contributed by atoms with Crippen molar-refractivity contribution >= 4 is 17.6 Å². The minimum absolute atomic E-state index is 0.0189. The van der Waals surface area contributed by atoms with Crippen molar-refractivity contribution in [2.24, 2.45) is 0 Å². The molecule has 0 unspecified atom stereocenters. The van der Waals surface area contributed by atoms with Gasteiger partial charge in [0.1, 0.15) is 22.9 Å². The molecule has 2 rings (SSSR count). The number of ether oxygens (including phenoxy) is 2. The molecule has 0 heterocycles. The molecule has 7 heteroatoms. The molecule has 0 spiro atoms. The number of aromatic hydroxyl groups is 1. The molecule has 1 atom stereocenters. The second-order valence-corrected chi connectivity index (χ2v) is 4.90. The van der Waals surface area contributed by atoms with Crippen LogP contribution >= 0.6 is 0 Å². The minimum Gasteiger partial charge on any atom is -0.507 e. The molecule has 2 aromatic carbocycles. The third kappa shape index (κ3) is 4.01. The highest BCUT2D eigenvalue weighted by molar-refractivity contribution is 5.98. The first-order chi connectivity index (χ1) is 11.4. The van der Waals surface area contributed by atoms with E-state index in [1.165, 1.54) is 50.4 Å². The van der Waals surface area contributed by atoms with Gasteiger partial charge in [-0.3, -0.25) is 4.79 Å². The maximum absolute atomic E-state index is 13.5. The number of halogens is 1. The van der Waals surface area contributed by atoms with Gasteiger partial charge in [0, 0.05) is 0 Å². The molecule has 0 aliphatic carbocycles. The van der Waals surface area contributed by atoms with Crippen LogP contribution in [0.25, 0.3) is 0 Å². The number of methoxy groups -OCH3 is 1. The highest BCUT2D eigenvalue weighted by Gasteiger charge is 2.22. The third-order valence-electron chi connectivity index (χ3n) is 3.21. The van der Waals surface area contributed by atoms with Gasteiger partial charge < -0.3 is 19.9 Å². The van der Waals surface area contributed by atoms with E-state index in [4.69, 9.17) is 9.47 Å². The summed E-state index contributed by atoms with van der Waals surface area (Å²) in [5, 5.41) is 12.0. The molecule has 2 N–H and O–H groups in total. The number of anilines is 1. The Balaban J connectivity index is 2.06. The van der Waals surface area contributed by atoms with Crippen LogP contribution in [0, 0.1) is 5.82 Å². The first-order valence-corrected chi connectivity index (χ1v) is 7.05. The minimum atomic E-state index is -1.19. The lowest BCUT2D eigenvalue weighted by Gasteiger charge is -2.14. The molecule has 6 nitrogen and oxygen atoms in total. The van der Waals surface area contributed by atoms with Gasteiger partial charge in [0.15, 0.2) is 6.10 Å². The standard InChI is InChI=1S/C17H16FNO5/c1-10(16(21)19-14-6-4-3-5-13(14)18)24-17(22)12-9-11(23-2)7-8-15(12)20/h3-10,20H,1-2H3,(H,19,21)/t10-/m1/s1. The van der Waals surface area contributed by atoms with Crippen molar-refractivity contribution in [2.45, 2.75) is 13.0 Å². The number of benzene rings is 2. The maximum Gasteiger partial charge on any atom is 0.342 e. The number of nitrogens with one attached hydrogen (secondary N) is 1. The number of phenolic OH excluding ortho intramolecular Hbond substituents is 1. The van der Waals surface area contributed by atoms with Crippen molar-refractivity contribution in [2.75, 3.05) is 12.4 Å². The molecular weight excluding hydrogens is 317 g/mol. The average Bonchev–Trinajstić information content (AvgIpc) is 2.57. The van der Waals surface area contributed by atoms with Crippen LogP contribution in [-0.2, 0) is 9.53 Å². The van der Waals surface area contributed by atoms with E-state index in [1.807, 2.05) is 0 Å². The van der Waals surface area contributed by atoms with Gasteiger partial charge in [-0.25, -0.2) is 9.18 Å². The molecule has 0 saturated heterocycles. The molecular formula is C17H16FNO5. The maximum atomic E-state index is 13.5. The Morgan fingerprint density at radius 2 is 1.92 bits per heavy atom. The second-order valence-electron chi connectivity index (χ2n) is 4.90. The monoisotopic (exact) mass is 333 g/mol. The van der Waals surface area contributed by atoms with Crippen molar-refractivity contribution < 1.29 is 28.6 Å². The summed E-state index contributed by atoms with van der Waals surface area (Å²) >= 11 is 0. The van der Waals surface area contributed by atoms with E-state index in [2.05, 4.69) is 5.32 Å². The van der Waals surface area contributed by atoms with Crippen LogP contribution in [0.15, 0.2) is 42.5 Å². The molecule has 24 heavy (non-hydrogen) atoms. The number of phenols is 1. The lowest BCUT2D eigenvalue weighted by molar-refractivity contribution is -0.123. The highest BCUT2D eigenvalue weighted by atomic mass is 19.1. The number of hydrogen-bond acceptors (Lipinski definition) is 5. The van der Waals surface area contributed by atoms with E-state index in [0.29, 0.717) is 5.75 Å². The van der Waals surface area contributed by atoms with Crippen molar-refractivity contribution in [3.05, 3.63) is 53.8 Å². The smallest absolute Gasteiger partial charge is 0.342 e. The van der Waals surface area contributed by atoms with E-state index < -0.39 is 23.8 Å². The fourth-order valence-electron chi connectivity index (χ4n) is 1.88. The van der Waals surface area contributed by atoms with Crippen LogP contribution in [0.4, 0.5) is 10.1 Å². The van der Waals surface area contributed by atoms with Gasteiger partial charge in [-0.05, 0) is 37.3 Å². The topological polar surface area (TPSA) is 84.9 Å². The summed E-state index contributed by atoms with van der Waals surface area (Å²) < 4.78 is 23.5. The normalized spacial score (nSPS) is 11.5. The molecule has 0 bridgehead atoms. The Hall–Kier alpha value is -3.09. The quantitative estimate of drug-likeness (QED) is 0.822. The Bertz CT molecular complexity index is 762. The van der Waals surface area contributed by atoms with Gasteiger partial charge in [-0.2, -0.15) is 0 Å². The van der Waals surface area contributed by atoms with E-state index in [-0.39, 0.29) is 17.0 Å². The van der Waals surface area contributed by atoms with Crippen molar-refractivity contribution in [3.8, 4) is 11.5 Å². The fraction of sp³-hybridized carbons (Fsp3) is 0.176. The van der Waals surface area contributed by atoms with Crippen molar-refractivity contribution in [3.63, 3.8) is 0 Å². The van der Waals surface area contributed by atoms with Crippen LogP contribution in [-0.4, -0.2) is 30.2 Å². The van der Waals surface area contributed by atoms with Crippen LogP contribution in [0.1, 0.15) is 17.3 Å². The zero-order chi connectivity index (χ0) is 17.7. The summed E-state index contributed by atoms with van der Waals surface area (Å²) in [5.41, 5.74) is -0.158. The molecule has 0 radical (unpaired) electrons.